The predicted molar refractivity (Wildman–Crippen MR) is 88.1 cm³/mol. The Kier molecular flexibility index (Phi) is 3.98. The van der Waals surface area contributed by atoms with Gasteiger partial charge in [-0.25, -0.2) is 8.42 Å². The van der Waals surface area contributed by atoms with Crippen LogP contribution in [0.3, 0.4) is 0 Å². The molecule has 2 N–H and O–H groups in total. The first kappa shape index (κ1) is 16.0. The fourth-order valence-electron chi connectivity index (χ4n) is 2.22. The molecule has 0 spiro atoms. The van der Waals surface area contributed by atoms with E-state index in [0.717, 1.165) is 6.26 Å². The zero-order chi connectivity index (χ0) is 17.3. The van der Waals surface area contributed by atoms with E-state index in [2.05, 4.69) is 10.6 Å². The summed E-state index contributed by atoms with van der Waals surface area (Å²) in [5.74, 6) is -0.256. The fraction of sp³-hybridized carbons (Fsp3) is 0.125. The number of carbonyl (C=O) groups is 2. The lowest BCUT2D eigenvalue weighted by atomic mass is 10.1. The predicted octanol–water partition coefficient (Wildman–Crippen LogP) is 1.67. The van der Waals surface area contributed by atoms with E-state index in [0.29, 0.717) is 22.7 Å². The average Bonchev–Trinajstić information content (AvgIpc) is 2.53. The van der Waals surface area contributed by atoms with Gasteiger partial charge in [-0.2, -0.15) is 0 Å². The highest BCUT2D eigenvalue weighted by molar-refractivity contribution is 7.90. The van der Waals surface area contributed by atoms with Crippen molar-refractivity contribution in [1.29, 1.82) is 0 Å². The van der Waals surface area contributed by atoms with Crippen LogP contribution >= 0.6 is 0 Å². The molecule has 3 rings (SSSR count). The highest BCUT2D eigenvalue weighted by Crippen LogP contribution is 2.29. The summed E-state index contributed by atoms with van der Waals surface area (Å²) >= 11 is 0. The van der Waals surface area contributed by atoms with Gasteiger partial charge in [0.25, 0.3) is 11.8 Å². The number of anilines is 2. The van der Waals surface area contributed by atoms with E-state index in [4.69, 9.17) is 4.74 Å². The van der Waals surface area contributed by atoms with Gasteiger partial charge >= 0.3 is 0 Å². The van der Waals surface area contributed by atoms with Gasteiger partial charge in [0.1, 0.15) is 5.75 Å². The topological polar surface area (TPSA) is 102 Å². The third kappa shape index (κ3) is 3.38. The van der Waals surface area contributed by atoms with E-state index < -0.39 is 15.7 Å². The maximum atomic E-state index is 12.3. The van der Waals surface area contributed by atoms with Crippen molar-refractivity contribution in [2.45, 2.75) is 4.90 Å². The van der Waals surface area contributed by atoms with Gasteiger partial charge in [-0.1, -0.05) is 6.07 Å². The Balaban J connectivity index is 1.82. The molecule has 0 radical (unpaired) electrons. The van der Waals surface area contributed by atoms with Crippen molar-refractivity contribution in [3.63, 3.8) is 0 Å². The summed E-state index contributed by atoms with van der Waals surface area (Å²) in [7, 11) is -3.35. The quantitative estimate of drug-likeness (QED) is 0.880. The number of nitrogens with one attached hydrogen (secondary N) is 2. The Morgan fingerprint density at radius 3 is 2.75 bits per heavy atom. The van der Waals surface area contributed by atoms with Crippen molar-refractivity contribution >= 4 is 33.0 Å². The molecule has 0 aromatic heterocycles. The van der Waals surface area contributed by atoms with Gasteiger partial charge in [0.2, 0.25) is 0 Å². The van der Waals surface area contributed by atoms with Crippen LogP contribution in [0.25, 0.3) is 0 Å². The van der Waals surface area contributed by atoms with Gasteiger partial charge in [-0.05, 0) is 36.4 Å². The second-order valence-electron chi connectivity index (χ2n) is 5.30. The number of fused-ring (bicyclic) bond motifs is 1. The van der Waals surface area contributed by atoms with Crippen LogP contribution in [-0.4, -0.2) is 33.1 Å². The van der Waals surface area contributed by atoms with Crippen molar-refractivity contribution in [2.75, 3.05) is 23.5 Å². The molecule has 0 aliphatic carbocycles. The summed E-state index contributed by atoms with van der Waals surface area (Å²) in [6, 6.07) is 10.6. The first-order valence-electron chi connectivity index (χ1n) is 7.01. The molecule has 1 aliphatic heterocycles. The van der Waals surface area contributed by atoms with E-state index in [9.17, 15) is 18.0 Å². The van der Waals surface area contributed by atoms with Gasteiger partial charge < -0.3 is 15.4 Å². The molecular formula is C16H14N2O5S. The molecule has 0 fully saturated rings. The normalized spacial score (nSPS) is 13.5. The molecule has 0 atom stereocenters. The van der Waals surface area contributed by atoms with Gasteiger partial charge in [0.15, 0.2) is 16.4 Å². The van der Waals surface area contributed by atoms with E-state index >= 15 is 0 Å². The molecule has 1 heterocycles. The summed E-state index contributed by atoms with van der Waals surface area (Å²) in [6.07, 6.45) is 1.10. The number of carbonyl (C=O) groups excluding carboxylic acids is 2. The molecule has 2 aromatic carbocycles. The van der Waals surface area contributed by atoms with Crippen LogP contribution in [0, 0.1) is 0 Å². The van der Waals surface area contributed by atoms with Gasteiger partial charge in [0.05, 0.1) is 10.6 Å². The lowest BCUT2D eigenvalue weighted by molar-refractivity contribution is -0.118. The van der Waals surface area contributed by atoms with Crippen molar-refractivity contribution < 1.29 is 22.7 Å². The van der Waals surface area contributed by atoms with E-state index in [1.165, 1.54) is 18.2 Å². The molecule has 2 amide bonds. The van der Waals surface area contributed by atoms with Crippen LogP contribution in [0.1, 0.15) is 10.4 Å². The van der Waals surface area contributed by atoms with Crippen molar-refractivity contribution in [1.82, 2.24) is 0 Å². The van der Waals surface area contributed by atoms with Crippen LogP contribution < -0.4 is 15.4 Å². The highest BCUT2D eigenvalue weighted by atomic mass is 32.2. The first-order valence-corrected chi connectivity index (χ1v) is 8.90. The summed E-state index contributed by atoms with van der Waals surface area (Å²) in [6.45, 7) is -0.103. The monoisotopic (exact) mass is 346 g/mol. The Bertz CT molecular complexity index is 937. The Labute approximate surface area is 138 Å². The lowest BCUT2D eigenvalue weighted by Gasteiger charge is -2.18. The third-order valence-corrected chi connectivity index (χ3v) is 4.51. The lowest BCUT2D eigenvalue weighted by Crippen LogP contribution is -2.25. The van der Waals surface area contributed by atoms with Crippen molar-refractivity contribution in [2.24, 2.45) is 0 Å². The minimum Gasteiger partial charge on any atom is -0.482 e. The molecule has 0 saturated heterocycles. The fourth-order valence-corrected chi connectivity index (χ4v) is 2.89. The molecule has 0 saturated carbocycles. The minimum atomic E-state index is -3.35. The molecule has 0 unspecified atom stereocenters. The molecule has 1 aliphatic rings. The molecular weight excluding hydrogens is 332 g/mol. The second-order valence-corrected chi connectivity index (χ2v) is 7.32. The molecule has 24 heavy (non-hydrogen) atoms. The summed E-state index contributed by atoms with van der Waals surface area (Å²) in [5.41, 5.74) is 1.20. The summed E-state index contributed by atoms with van der Waals surface area (Å²) in [5, 5.41) is 5.28. The molecule has 0 bridgehead atoms. The second kappa shape index (κ2) is 5.97. The van der Waals surface area contributed by atoms with E-state index in [-0.39, 0.29) is 17.4 Å². The molecule has 7 nitrogen and oxygen atoms in total. The zero-order valence-corrected chi connectivity index (χ0v) is 13.5. The maximum absolute atomic E-state index is 12.3. The number of amides is 2. The van der Waals surface area contributed by atoms with Gasteiger partial charge in [0, 0.05) is 17.5 Å². The maximum Gasteiger partial charge on any atom is 0.262 e. The molecule has 8 heteroatoms. The van der Waals surface area contributed by atoms with Crippen LogP contribution in [0.5, 0.6) is 5.75 Å². The average molecular weight is 346 g/mol. The Hall–Kier alpha value is -2.87. The highest BCUT2D eigenvalue weighted by Gasteiger charge is 2.18. The van der Waals surface area contributed by atoms with Gasteiger partial charge in [-0.3, -0.25) is 9.59 Å². The van der Waals surface area contributed by atoms with Crippen molar-refractivity contribution in [3.8, 4) is 5.75 Å². The number of rotatable bonds is 3. The number of hydrogen-bond donors (Lipinski definition) is 2. The van der Waals surface area contributed by atoms with Crippen molar-refractivity contribution in [3.05, 3.63) is 48.0 Å². The largest absolute Gasteiger partial charge is 0.482 e. The smallest absolute Gasteiger partial charge is 0.262 e. The number of ether oxygens (including phenoxy) is 1. The van der Waals surface area contributed by atoms with Crippen LogP contribution in [0.15, 0.2) is 47.4 Å². The molecule has 124 valence electrons. The zero-order valence-electron chi connectivity index (χ0n) is 12.7. The van der Waals surface area contributed by atoms with Crippen LogP contribution in [-0.2, 0) is 14.6 Å². The number of sulfone groups is 1. The SMILES string of the molecule is CS(=O)(=O)c1cccc(NC(=O)c2ccc3c(c2)OCC(=O)N3)c1. The minimum absolute atomic E-state index is 0.103. The van der Waals surface area contributed by atoms with Gasteiger partial charge in [-0.15, -0.1) is 0 Å². The van der Waals surface area contributed by atoms with E-state index in [1.807, 2.05) is 0 Å². The standard InChI is InChI=1S/C16H14N2O5S/c1-24(21,22)12-4-2-3-11(8-12)17-16(20)10-5-6-13-14(7-10)23-9-15(19)18-13/h2-8H,9H2,1H3,(H,17,20)(H,18,19). The third-order valence-electron chi connectivity index (χ3n) is 3.40. The Morgan fingerprint density at radius 2 is 2.00 bits per heavy atom. The van der Waals surface area contributed by atoms with E-state index in [1.54, 1.807) is 24.3 Å². The summed E-state index contributed by atoms with van der Waals surface area (Å²) < 4.78 is 28.4. The number of hydrogen-bond acceptors (Lipinski definition) is 5. The summed E-state index contributed by atoms with van der Waals surface area (Å²) in [4.78, 5) is 23.7. The molecule has 2 aromatic rings. The van der Waals surface area contributed by atoms with Crippen LogP contribution in [0.2, 0.25) is 0 Å². The number of benzene rings is 2. The Morgan fingerprint density at radius 1 is 1.21 bits per heavy atom. The first-order chi connectivity index (χ1) is 11.3. The van der Waals surface area contributed by atoms with Crippen LogP contribution in [0.4, 0.5) is 11.4 Å².